The van der Waals surface area contributed by atoms with E-state index in [-0.39, 0.29) is 0 Å². The summed E-state index contributed by atoms with van der Waals surface area (Å²) in [4.78, 5) is 0. The number of hydrogen-bond donors (Lipinski definition) is 0. The van der Waals surface area contributed by atoms with Gasteiger partial charge in [0.2, 0.25) is 0 Å². The Morgan fingerprint density at radius 1 is 1.14 bits per heavy atom. The van der Waals surface area contributed by atoms with E-state index in [1.807, 2.05) is 0 Å². The molecule has 0 rings (SSSR count). The molecule has 0 amide bonds. The number of rotatable bonds is 4. The van der Waals surface area contributed by atoms with Gasteiger partial charge in [0, 0.05) is 0 Å². The van der Waals surface area contributed by atoms with E-state index < -0.39 is 0 Å². The Bertz CT molecular complexity index is 23.4. The van der Waals surface area contributed by atoms with Crippen LogP contribution in [-0.2, 0) is 0 Å². The van der Waals surface area contributed by atoms with E-state index in [1.165, 1.54) is 24.4 Å². The molecule has 0 aromatic carbocycles. The molecule has 7 heavy (non-hydrogen) atoms. The monoisotopic (exact) mass is 91.1 g/mol. The molecule has 1 heteroatoms. The van der Waals surface area contributed by atoms with Crippen molar-refractivity contribution >= 4 is 17.7 Å². The van der Waals surface area contributed by atoms with Crippen molar-refractivity contribution in [2.45, 2.75) is 30.8 Å². The summed E-state index contributed by atoms with van der Waals surface area (Å²) in [6.07, 6.45) is 5.18. The van der Waals surface area contributed by atoms with E-state index in [4.69, 9.17) is 0 Å². The fourth-order valence-electron chi connectivity index (χ4n) is 0.604. The molecule has 0 unspecified atom stereocenters. The predicted octanol–water partition coefficient (Wildman–Crippen LogP) is 1.97. The molecule has 1 radical (unpaired) electrons. The predicted molar refractivity (Wildman–Crippen MR) is 34.4 cm³/mol. The minimum atomic E-state index is 1.11. The van der Waals surface area contributed by atoms with Crippen LogP contribution in [0.2, 0.25) is 5.09 Å². The van der Waals surface area contributed by atoms with E-state index in [0.29, 0.717) is 0 Å². The van der Waals surface area contributed by atoms with Crippen molar-refractivity contribution in [3.8, 4) is 0 Å². The SMILES string of the molecule is [Li][CH2]CCCC[CH2]. The van der Waals surface area contributed by atoms with Gasteiger partial charge in [-0.3, -0.25) is 0 Å². The van der Waals surface area contributed by atoms with Gasteiger partial charge in [-0.1, -0.05) is 0 Å². The summed E-state index contributed by atoms with van der Waals surface area (Å²) in [6, 6.07) is 0. The van der Waals surface area contributed by atoms with E-state index in [2.05, 4.69) is 24.6 Å². The molecule has 0 aliphatic rings. The normalized spacial score (nSPS) is 9.57. The van der Waals surface area contributed by atoms with Crippen LogP contribution < -0.4 is 0 Å². The fraction of sp³-hybridized carbons (Fsp3) is 0.833. The number of hydrogen-bond acceptors (Lipinski definition) is 0. The Labute approximate surface area is 55.9 Å². The number of unbranched alkanes of at least 4 members (excludes halogenated alkanes) is 3. The average Bonchev–Trinajstić information content (AvgIpc) is 1.69. The van der Waals surface area contributed by atoms with Crippen LogP contribution in [0.15, 0.2) is 0 Å². The molecule has 0 N–H and O–H groups in total. The topological polar surface area (TPSA) is 0 Å². The van der Waals surface area contributed by atoms with Crippen LogP contribution in [0.25, 0.3) is 0 Å². The Morgan fingerprint density at radius 3 is 2.29 bits per heavy atom. The van der Waals surface area contributed by atoms with E-state index >= 15 is 0 Å². The van der Waals surface area contributed by atoms with Gasteiger partial charge in [0.25, 0.3) is 0 Å². The molecule has 0 heterocycles. The van der Waals surface area contributed by atoms with Gasteiger partial charge in [0.05, 0.1) is 0 Å². The first-order chi connectivity index (χ1) is 3.41. The Hall–Kier alpha value is 0.597. The molecule has 37 valence electrons. The second kappa shape index (κ2) is 6.60. The van der Waals surface area contributed by atoms with Gasteiger partial charge >= 0.3 is 55.4 Å². The molecule has 0 bridgehead atoms. The molecule has 0 saturated carbocycles. The van der Waals surface area contributed by atoms with Gasteiger partial charge in [0.15, 0.2) is 0 Å². The van der Waals surface area contributed by atoms with Crippen molar-refractivity contribution in [3.63, 3.8) is 0 Å². The summed E-state index contributed by atoms with van der Waals surface area (Å²) in [6.45, 7) is 3.76. The second-order valence-corrected chi connectivity index (χ2v) is 1.91. The standard InChI is InChI=1S/C6H12.Li/c1-3-5-6-4-2;/h1-6H2;. The third-order valence-electron chi connectivity index (χ3n) is 1.10. The third-order valence-corrected chi connectivity index (χ3v) is 1.10. The molecule has 0 fully saturated rings. The summed E-state index contributed by atoms with van der Waals surface area (Å²) in [5.74, 6) is 0. The molecular formula is C6H12Li. The van der Waals surface area contributed by atoms with Crippen LogP contribution in [0.3, 0.4) is 0 Å². The molecular weight excluding hydrogens is 79.0 g/mol. The van der Waals surface area contributed by atoms with Crippen molar-refractivity contribution in [2.75, 3.05) is 0 Å². The van der Waals surface area contributed by atoms with Gasteiger partial charge in [-0.05, 0) is 0 Å². The van der Waals surface area contributed by atoms with Crippen molar-refractivity contribution in [2.24, 2.45) is 0 Å². The summed E-state index contributed by atoms with van der Waals surface area (Å²) >= 11 is 2.23. The molecule has 0 aliphatic heterocycles. The fourth-order valence-corrected chi connectivity index (χ4v) is 0.604. The van der Waals surface area contributed by atoms with Gasteiger partial charge in [0.1, 0.15) is 0 Å². The first kappa shape index (κ1) is 7.60. The van der Waals surface area contributed by atoms with Gasteiger partial charge < -0.3 is 0 Å². The van der Waals surface area contributed by atoms with Crippen LogP contribution >= 0.6 is 0 Å². The first-order valence-electron chi connectivity index (χ1n) is 3.21. The van der Waals surface area contributed by atoms with Crippen LogP contribution in [0.5, 0.6) is 0 Å². The Kier molecular flexibility index (Phi) is 7.16. The summed E-state index contributed by atoms with van der Waals surface area (Å²) in [5, 5.41) is 1.33. The average molecular weight is 91.1 g/mol. The molecule has 0 nitrogen and oxygen atoms in total. The molecule has 0 aromatic heterocycles. The van der Waals surface area contributed by atoms with Gasteiger partial charge in [-0.15, -0.1) is 0 Å². The minimum absolute atomic E-state index is 1.11. The maximum absolute atomic E-state index is 3.76. The molecule has 0 saturated heterocycles. The molecule has 0 spiro atoms. The van der Waals surface area contributed by atoms with Crippen LogP contribution in [0, 0.1) is 6.92 Å². The zero-order valence-corrected chi connectivity index (χ0v) is 5.24. The van der Waals surface area contributed by atoms with Crippen LogP contribution in [0.4, 0.5) is 0 Å². The van der Waals surface area contributed by atoms with Gasteiger partial charge in [-0.2, -0.15) is 0 Å². The van der Waals surface area contributed by atoms with Crippen molar-refractivity contribution in [3.05, 3.63) is 6.92 Å². The summed E-state index contributed by atoms with van der Waals surface area (Å²) in [5.41, 5.74) is 0. The van der Waals surface area contributed by atoms with E-state index in [9.17, 15) is 0 Å². The van der Waals surface area contributed by atoms with E-state index in [1.54, 1.807) is 0 Å². The van der Waals surface area contributed by atoms with Crippen molar-refractivity contribution < 1.29 is 0 Å². The van der Waals surface area contributed by atoms with E-state index in [0.717, 1.165) is 6.42 Å². The zero-order valence-electron chi connectivity index (χ0n) is 5.24. The zero-order chi connectivity index (χ0) is 5.54. The molecule has 0 aromatic rings. The quantitative estimate of drug-likeness (QED) is 0.366. The molecule has 0 aliphatic carbocycles. The van der Waals surface area contributed by atoms with Crippen LogP contribution in [0.1, 0.15) is 25.7 Å². The summed E-state index contributed by atoms with van der Waals surface area (Å²) in [7, 11) is 0. The van der Waals surface area contributed by atoms with Gasteiger partial charge in [-0.25, -0.2) is 0 Å². The third kappa shape index (κ3) is 6.60. The Balaban J connectivity index is 2.45. The van der Waals surface area contributed by atoms with Crippen LogP contribution in [-0.4, -0.2) is 17.7 Å². The van der Waals surface area contributed by atoms with Crippen molar-refractivity contribution in [1.29, 1.82) is 0 Å². The summed E-state index contributed by atoms with van der Waals surface area (Å²) < 4.78 is 0. The first-order valence-corrected chi connectivity index (χ1v) is 3.21. The molecule has 0 atom stereocenters. The Morgan fingerprint density at radius 2 is 1.86 bits per heavy atom. The van der Waals surface area contributed by atoms with Crippen molar-refractivity contribution in [1.82, 2.24) is 0 Å². The maximum atomic E-state index is 3.76. The second-order valence-electron chi connectivity index (χ2n) is 1.91.